The van der Waals surface area contributed by atoms with Crippen molar-refractivity contribution in [2.45, 2.75) is 18.9 Å². The zero-order valence-corrected chi connectivity index (χ0v) is 17.7. The van der Waals surface area contributed by atoms with Crippen LogP contribution in [0.15, 0.2) is 55.4 Å². The van der Waals surface area contributed by atoms with Crippen LogP contribution in [0.3, 0.4) is 0 Å². The Morgan fingerprint density at radius 2 is 1.97 bits per heavy atom. The molecule has 0 spiro atoms. The highest BCUT2D eigenvalue weighted by Gasteiger charge is 2.24. The zero-order valence-electron chi connectivity index (χ0n) is 17.7. The second-order valence-corrected chi connectivity index (χ2v) is 7.62. The maximum absolute atomic E-state index is 12.9. The number of hydrogen-bond acceptors (Lipinski definition) is 5. The molecule has 1 aromatic carbocycles. The lowest BCUT2D eigenvalue weighted by atomic mass is 10.0. The van der Waals surface area contributed by atoms with Gasteiger partial charge in [0.05, 0.1) is 13.3 Å². The third-order valence-corrected chi connectivity index (χ3v) is 5.70. The fraction of sp³-hybridized carbons (Fsp3) is 0.250. The van der Waals surface area contributed by atoms with Gasteiger partial charge in [0.2, 0.25) is 5.91 Å². The molecule has 4 rings (SSSR count). The molecule has 1 aliphatic heterocycles. The van der Waals surface area contributed by atoms with Crippen LogP contribution in [0.1, 0.15) is 28.8 Å². The van der Waals surface area contributed by atoms with E-state index in [1.54, 1.807) is 11.6 Å². The van der Waals surface area contributed by atoms with E-state index in [-0.39, 0.29) is 17.9 Å². The van der Waals surface area contributed by atoms with Gasteiger partial charge in [-0.15, -0.1) is 0 Å². The lowest BCUT2D eigenvalue weighted by Gasteiger charge is -2.32. The number of likely N-dealkylation sites (tertiary alicyclic amines) is 1. The van der Waals surface area contributed by atoms with Crippen molar-refractivity contribution in [1.82, 2.24) is 19.8 Å². The number of pyridine rings is 1. The number of aromatic nitrogens is 2. The number of nitriles is 1. The van der Waals surface area contributed by atoms with Gasteiger partial charge in [0, 0.05) is 36.5 Å². The van der Waals surface area contributed by atoms with E-state index < -0.39 is 0 Å². The van der Waals surface area contributed by atoms with Crippen molar-refractivity contribution in [2.75, 3.05) is 20.2 Å². The number of carbonyl (C=O) groups is 2. The number of fused-ring (bicyclic) bond motifs is 1. The molecular formula is C24H23N5O3. The smallest absolute Gasteiger partial charge is 0.253 e. The molecule has 0 unspecified atom stereocenters. The Kier molecular flexibility index (Phi) is 5.90. The van der Waals surface area contributed by atoms with Gasteiger partial charge in [0.25, 0.3) is 5.91 Å². The minimum absolute atomic E-state index is 0.0242. The van der Waals surface area contributed by atoms with Crippen molar-refractivity contribution in [1.29, 1.82) is 5.26 Å². The Morgan fingerprint density at radius 1 is 1.25 bits per heavy atom. The summed E-state index contributed by atoms with van der Waals surface area (Å²) in [6, 6.07) is 11.4. The molecule has 1 fully saturated rings. The van der Waals surface area contributed by atoms with Crippen molar-refractivity contribution < 1.29 is 14.3 Å². The summed E-state index contributed by atoms with van der Waals surface area (Å²) in [5.74, 6) is 0.353. The van der Waals surface area contributed by atoms with Crippen LogP contribution in [0.5, 0.6) is 5.75 Å². The highest BCUT2D eigenvalue weighted by Crippen LogP contribution is 2.30. The molecule has 1 N–H and O–H groups in total. The average molecular weight is 429 g/mol. The Hall–Kier alpha value is -4.12. The quantitative estimate of drug-likeness (QED) is 0.629. The number of nitrogens with one attached hydrogen (secondary N) is 1. The van der Waals surface area contributed by atoms with Gasteiger partial charge in [-0.1, -0.05) is 18.7 Å². The van der Waals surface area contributed by atoms with Crippen LogP contribution >= 0.6 is 0 Å². The van der Waals surface area contributed by atoms with Gasteiger partial charge in [-0.3, -0.25) is 9.59 Å². The summed E-state index contributed by atoms with van der Waals surface area (Å²) in [6.45, 7) is 4.65. The van der Waals surface area contributed by atoms with E-state index in [0.717, 1.165) is 24.0 Å². The summed E-state index contributed by atoms with van der Waals surface area (Å²) < 4.78 is 7.09. The number of benzene rings is 1. The molecule has 0 bridgehead atoms. The lowest BCUT2D eigenvalue weighted by Crippen LogP contribution is -2.46. The predicted octanol–water partition coefficient (Wildman–Crippen LogP) is 2.79. The first-order valence-corrected chi connectivity index (χ1v) is 10.3. The molecule has 0 atom stereocenters. The molecule has 3 heterocycles. The normalized spacial score (nSPS) is 14.1. The molecule has 0 saturated carbocycles. The predicted molar refractivity (Wildman–Crippen MR) is 119 cm³/mol. The van der Waals surface area contributed by atoms with Gasteiger partial charge < -0.3 is 15.0 Å². The fourth-order valence-corrected chi connectivity index (χ4v) is 3.95. The number of ether oxygens (including phenoxy) is 1. The highest BCUT2D eigenvalue weighted by atomic mass is 16.5. The molecule has 32 heavy (non-hydrogen) atoms. The van der Waals surface area contributed by atoms with Crippen LogP contribution in [0.25, 0.3) is 16.6 Å². The van der Waals surface area contributed by atoms with Gasteiger partial charge in [-0.25, -0.2) is 4.52 Å². The SMILES string of the molecule is C=CC(=O)NC1CCN(C(=O)c2ccc(-c3cc(OC)c4c(C#N)cnn4c3)cc2)CC1. The molecule has 3 aromatic rings. The van der Waals surface area contributed by atoms with Crippen molar-refractivity contribution in [3.63, 3.8) is 0 Å². The summed E-state index contributed by atoms with van der Waals surface area (Å²) >= 11 is 0. The molecule has 0 radical (unpaired) electrons. The highest BCUT2D eigenvalue weighted by molar-refractivity contribution is 5.95. The molecule has 1 aliphatic rings. The van der Waals surface area contributed by atoms with Gasteiger partial charge >= 0.3 is 0 Å². The van der Waals surface area contributed by atoms with Crippen molar-refractivity contribution in [2.24, 2.45) is 0 Å². The van der Waals surface area contributed by atoms with E-state index in [4.69, 9.17) is 4.74 Å². The number of rotatable bonds is 5. The lowest BCUT2D eigenvalue weighted by molar-refractivity contribution is -0.117. The van der Waals surface area contributed by atoms with Crippen molar-refractivity contribution in [3.05, 3.63) is 66.5 Å². The van der Waals surface area contributed by atoms with Gasteiger partial charge in [-0.2, -0.15) is 10.4 Å². The molecule has 0 aliphatic carbocycles. The Balaban J connectivity index is 1.49. The third kappa shape index (κ3) is 4.05. The van der Waals surface area contributed by atoms with E-state index in [2.05, 4.69) is 23.1 Å². The monoisotopic (exact) mass is 429 g/mol. The van der Waals surface area contributed by atoms with Gasteiger partial charge in [0.15, 0.2) is 0 Å². The van der Waals surface area contributed by atoms with E-state index in [1.807, 2.05) is 41.4 Å². The fourth-order valence-electron chi connectivity index (χ4n) is 3.95. The Labute approximate surface area is 185 Å². The number of piperidine rings is 1. The number of nitrogens with zero attached hydrogens (tertiary/aromatic N) is 4. The van der Waals surface area contributed by atoms with Crippen LogP contribution in [0.2, 0.25) is 0 Å². The molecule has 8 heteroatoms. The van der Waals surface area contributed by atoms with Crippen molar-refractivity contribution in [3.8, 4) is 22.9 Å². The summed E-state index contributed by atoms with van der Waals surface area (Å²) in [6.07, 6.45) is 6.05. The minimum atomic E-state index is -0.181. The van der Waals surface area contributed by atoms with Gasteiger partial charge in [0.1, 0.15) is 22.9 Å². The van der Waals surface area contributed by atoms with E-state index in [0.29, 0.717) is 35.5 Å². The summed E-state index contributed by atoms with van der Waals surface area (Å²) in [7, 11) is 1.56. The number of methoxy groups -OCH3 is 1. The van der Waals surface area contributed by atoms with E-state index >= 15 is 0 Å². The average Bonchev–Trinajstić information content (AvgIpc) is 3.26. The van der Waals surface area contributed by atoms with Crippen LogP contribution in [0.4, 0.5) is 0 Å². The maximum Gasteiger partial charge on any atom is 0.253 e. The zero-order chi connectivity index (χ0) is 22.7. The van der Waals surface area contributed by atoms with Crippen LogP contribution < -0.4 is 10.1 Å². The third-order valence-electron chi connectivity index (χ3n) is 5.70. The number of amides is 2. The molecule has 2 aromatic heterocycles. The van der Waals surface area contributed by atoms with Crippen LogP contribution in [-0.2, 0) is 4.79 Å². The molecule has 2 amide bonds. The number of carbonyl (C=O) groups excluding carboxylic acids is 2. The number of hydrogen-bond donors (Lipinski definition) is 1. The first kappa shape index (κ1) is 21.1. The van der Waals surface area contributed by atoms with E-state index in [1.165, 1.54) is 12.3 Å². The van der Waals surface area contributed by atoms with Gasteiger partial charge in [-0.05, 0) is 42.7 Å². The Morgan fingerprint density at radius 3 is 2.59 bits per heavy atom. The minimum Gasteiger partial charge on any atom is -0.494 e. The molecular weight excluding hydrogens is 406 g/mol. The standard InChI is InChI=1S/C24H23N5O3/c1-3-22(30)27-20-8-10-28(11-9-20)24(31)17-6-4-16(5-7-17)18-12-21(32-2)23-19(13-25)14-26-29(23)15-18/h3-7,12,14-15,20H,1,8-11H2,2H3,(H,27,30). The van der Waals surface area contributed by atoms with Crippen LogP contribution in [-0.4, -0.2) is 52.6 Å². The topological polar surface area (TPSA) is 99.7 Å². The Bertz CT molecular complexity index is 1210. The summed E-state index contributed by atoms with van der Waals surface area (Å²) in [4.78, 5) is 26.2. The maximum atomic E-state index is 12.9. The summed E-state index contributed by atoms with van der Waals surface area (Å²) in [5, 5.41) is 16.4. The second kappa shape index (κ2) is 8.94. The molecule has 162 valence electrons. The van der Waals surface area contributed by atoms with Crippen molar-refractivity contribution >= 4 is 17.3 Å². The van der Waals surface area contributed by atoms with Crippen LogP contribution in [0, 0.1) is 11.3 Å². The molecule has 1 saturated heterocycles. The first-order chi connectivity index (χ1) is 15.5. The molecule has 8 nitrogen and oxygen atoms in total. The second-order valence-electron chi connectivity index (χ2n) is 7.62. The first-order valence-electron chi connectivity index (χ1n) is 10.3. The largest absolute Gasteiger partial charge is 0.494 e. The summed E-state index contributed by atoms with van der Waals surface area (Å²) in [5.41, 5.74) is 3.45. The van der Waals surface area contributed by atoms with E-state index in [9.17, 15) is 14.9 Å².